The molecule has 1 fully saturated rings. The molecule has 6 heteroatoms. The topological polar surface area (TPSA) is 84.1 Å². The Balaban J connectivity index is 1.78. The molecule has 0 bridgehead atoms. The molecule has 1 aliphatic rings. The van der Waals surface area contributed by atoms with Crippen LogP contribution in [0.4, 0.5) is 0 Å². The van der Waals surface area contributed by atoms with E-state index in [1.54, 1.807) is 12.4 Å². The van der Waals surface area contributed by atoms with Crippen LogP contribution in [0, 0.1) is 0 Å². The summed E-state index contributed by atoms with van der Waals surface area (Å²) in [6.07, 6.45) is 4.63. The van der Waals surface area contributed by atoms with E-state index in [2.05, 4.69) is 20.4 Å². The summed E-state index contributed by atoms with van der Waals surface area (Å²) in [4.78, 5) is 8.22. The Kier molecular flexibility index (Phi) is 2.81. The third kappa shape index (κ3) is 2.12. The zero-order valence-corrected chi connectivity index (χ0v) is 9.83. The summed E-state index contributed by atoms with van der Waals surface area (Å²) in [5.41, 5.74) is 0.0534. The lowest BCUT2D eigenvalue weighted by Crippen LogP contribution is -2.28. The van der Waals surface area contributed by atoms with Gasteiger partial charge in [-0.15, -0.1) is 0 Å². The molecular formula is C12H14N4O2. The monoisotopic (exact) mass is 246 g/mol. The van der Waals surface area contributed by atoms with Crippen LogP contribution >= 0.6 is 0 Å². The smallest absolute Gasteiger partial charge is 0.259 e. The minimum Gasteiger partial charge on any atom is -0.379 e. The SMILES string of the molecule is OC1(c2nc(Cc3ccncc3)no2)CCNC1. The van der Waals surface area contributed by atoms with Crippen molar-refractivity contribution in [1.82, 2.24) is 20.4 Å². The van der Waals surface area contributed by atoms with Gasteiger partial charge in [0.15, 0.2) is 11.4 Å². The first-order valence-electron chi connectivity index (χ1n) is 5.91. The highest BCUT2D eigenvalue weighted by Gasteiger charge is 2.38. The molecule has 3 heterocycles. The van der Waals surface area contributed by atoms with E-state index in [1.165, 1.54) is 0 Å². The van der Waals surface area contributed by atoms with E-state index in [1.807, 2.05) is 12.1 Å². The maximum atomic E-state index is 10.3. The molecule has 1 atom stereocenters. The Hall–Kier alpha value is -1.79. The van der Waals surface area contributed by atoms with Crippen molar-refractivity contribution in [3.8, 4) is 0 Å². The molecule has 2 aromatic heterocycles. The molecule has 1 saturated heterocycles. The Bertz CT molecular complexity index is 520. The Labute approximate surface area is 104 Å². The van der Waals surface area contributed by atoms with Gasteiger partial charge in [-0.3, -0.25) is 4.98 Å². The first kappa shape index (κ1) is 11.3. The molecule has 0 aliphatic carbocycles. The van der Waals surface area contributed by atoms with Crippen LogP contribution in [0.5, 0.6) is 0 Å². The second-order valence-corrected chi connectivity index (χ2v) is 4.51. The van der Waals surface area contributed by atoms with Crippen molar-refractivity contribution in [2.24, 2.45) is 0 Å². The van der Waals surface area contributed by atoms with Crippen LogP contribution in [-0.2, 0) is 12.0 Å². The van der Waals surface area contributed by atoms with Crippen molar-refractivity contribution in [2.75, 3.05) is 13.1 Å². The normalized spacial score (nSPS) is 23.4. The molecule has 18 heavy (non-hydrogen) atoms. The molecule has 1 aliphatic heterocycles. The summed E-state index contributed by atoms with van der Waals surface area (Å²) in [6.45, 7) is 1.22. The number of nitrogens with one attached hydrogen (secondary N) is 1. The van der Waals surface area contributed by atoms with Crippen LogP contribution in [0.15, 0.2) is 29.0 Å². The quantitative estimate of drug-likeness (QED) is 0.807. The van der Waals surface area contributed by atoms with Crippen LogP contribution in [-0.4, -0.2) is 33.3 Å². The second-order valence-electron chi connectivity index (χ2n) is 4.51. The van der Waals surface area contributed by atoms with Gasteiger partial charge in [0.1, 0.15) is 0 Å². The van der Waals surface area contributed by atoms with Gasteiger partial charge in [-0.05, 0) is 30.7 Å². The van der Waals surface area contributed by atoms with Crippen molar-refractivity contribution in [1.29, 1.82) is 0 Å². The summed E-state index contributed by atoms with van der Waals surface area (Å²) in [7, 11) is 0. The molecule has 6 nitrogen and oxygen atoms in total. The van der Waals surface area contributed by atoms with E-state index in [0.29, 0.717) is 31.1 Å². The van der Waals surface area contributed by atoms with Gasteiger partial charge in [0.2, 0.25) is 0 Å². The lowest BCUT2D eigenvalue weighted by molar-refractivity contribution is 0.0243. The van der Waals surface area contributed by atoms with Crippen LogP contribution in [0.25, 0.3) is 0 Å². The van der Waals surface area contributed by atoms with E-state index >= 15 is 0 Å². The van der Waals surface area contributed by atoms with Gasteiger partial charge in [-0.1, -0.05) is 5.16 Å². The highest BCUT2D eigenvalue weighted by Crippen LogP contribution is 2.26. The van der Waals surface area contributed by atoms with Crippen molar-refractivity contribution in [3.63, 3.8) is 0 Å². The number of pyridine rings is 1. The maximum absolute atomic E-state index is 10.3. The molecule has 2 aromatic rings. The fraction of sp³-hybridized carbons (Fsp3) is 0.417. The highest BCUT2D eigenvalue weighted by molar-refractivity contribution is 5.15. The van der Waals surface area contributed by atoms with Gasteiger partial charge in [-0.25, -0.2) is 0 Å². The van der Waals surface area contributed by atoms with Crippen LogP contribution < -0.4 is 5.32 Å². The van der Waals surface area contributed by atoms with Gasteiger partial charge in [0.05, 0.1) is 0 Å². The van der Waals surface area contributed by atoms with E-state index in [0.717, 1.165) is 12.1 Å². The number of aromatic nitrogens is 3. The molecule has 3 rings (SSSR count). The average Bonchev–Trinajstić information content (AvgIpc) is 3.01. The van der Waals surface area contributed by atoms with E-state index in [4.69, 9.17) is 4.52 Å². The summed E-state index contributed by atoms with van der Waals surface area (Å²) in [5.74, 6) is 0.882. The maximum Gasteiger partial charge on any atom is 0.259 e. The van der Waals surface area contributed by atoms with E-state index < -0.39 is 5.60 Å². The predicted octanol–water partition coefficient (Wildman–Crippen LogP) is 0.236. The fourth-order valence-electron chi connectivity index (χ4n) is 2.06. The number of β-amino-alcohol motifs (C(OH)–C–C–N with tert-alkyl or cyclic N) is 1. The first-order valence-corrected chi connectivity index (χ1v) is 5.91. The van der Waals surface area contributed by atoms with Crippen molar-refractivity contribution in [2.45, 2.75) is 18.4 Å². The minimum atomic E-state index is -1.01. The first-order chi connectivity index (χ1) is 8.76. The molecular weight excluding hydrogens is 232 g/mol. The fourth-order valence-corrected chi connectivity index (χ4v) is 2.06. The lowest BCUT2D eigenvalue weighted by Gasteiger charge is -2.14. The predicted molar refractivity (Wildman–Crippen MR) is 62.7 cm³/mol. The van der Waals surface area contributed by atoms with Crippen LogP contribution in [0.2, 0.25) is 0 Å². The zero-order chi connectivity index (χ0) is 12.4. The van der Waals surface area contributed by atoms with Crippen LogP contribution in [0.3, 0.4) is 0 Å². The van der Waals surface area contributed by atoms with Crippen LogP contribution in [0.1, 0.15) is 23.7 Å². The summed E-state index contributed by atoms with van der Waals surface area (Å²) >= 11 is 0. The van der Waals surface area contributed by atoms with Crippen molar-refractivity contribution >= 4 is 0 Å². The van der Waals surface area contributed by atoms with Crippen molar-refractivity contribution in [3.05, 3.63) is 41.8 Å². The number of hydrogen-bond acceptors (Lipinski definition) is 6. The third-order valence-corrected chi connectivity index (χ3v) is 3.11. The lowest BCUT2D eigenvalue weighted by atomic mass is 10.0. The minimum absolute atomic E-state index is 0.302. The number of aliphatic hydroxyl groups is 1. The second kappa shape index (κ2) is 4.47. The van der Waals surface area contributed by atoms with Gasteiger partial charge in [-0.2, -0.15) is 4.98 Å². The average molecular weight is 246 g/mol. The molecule has 0 radical (unpaired) electrons. The number of rotatable bonds is 3. The van der Waals surface area contributed by atoms with Gasteiger partial charge < -0.3 is 14.9 Å². The Morgan fingerprint density at radius 1 is 1.39 bits per heavy atom. The zero-order valence-electron chi connectivity index (χ0n) is 9.83. The molecule has 0 saturated carbocycles. The van der Waals surface area contributed by atoms with Crippen molar-refractivity contribution < 1.29 is 9.63 Å². The highest BCUT2D eigenvalue weighted by atomic mass is 16.5. The largest absolute Gasteiger partial charge is 0.379 e. The van der Waals surface area contributed by atoms with E-state index in [-0.39, 0.29) is 0 Å². The summed E-state index contributed by atoms with van der Waals surface area (Å²) in [6, 6.07) is 3.81. The van der Waals surface area contributed by atoms with Gasteiger partial charge in [0.25, 0.3) is 5.89 Å². The molecule has 0 amide bonds. The number of nitrogens with zero attached hydrogens (tertiary/aromatic N) is 3. The van der Waals surface area contributed by atoms with Gasteiger partial charge in [0, 0.05) is 25.4 Å². The molecule has 0 spiro atoms. The molecule has 0 aromatic carbocycles. The molecule has 2 N–H and O–H groups in total. The van der Waals surface area contributed by atoms with E-state index in [9.17, 15) is 5.11 Å². The molecule has 94 valence electrons. The van der Waals surface area contributed by atoms with Gasteiger partial charge >= 0.3 is 0 Å². The Morgan fingerprint density at radius 3 is 2.94 bits per heavy atom. The number of hydrogen-bond donors (Lipinski definition) is 2. The molecule has 1 unspecified atom stereocenters. The summed E-state index contributed by atoms with van der Waals surface area (Å²) < 4.78 is 5.16. The summed E-state index contributed by atoms with van der Waals surface area (Å²) in [5, 5.41) is 17.3. The standard InChI is InChI=1S/C12H14N4O2/c17-12(3-6-14-8-12)11-15-10(16-18-11)7-9-1-4-13-5-2-9/h1-2,4-5,14,17H,3,6-8H2. The Morgan fingerprint density at radius 2 is 2.22 bits per heavy atom. The third-order valence-electron chi connectivity index (χ3n) is 3.11.